The van der Waals surface area contributed by atoms with Crippen LogP contribution in [-0.2, 0) is 11.2 Å². The van der Waals surface area contributed by atoms with E-state index in [0.29, 0.717) is 22.2 Å². The molecular weight excluding hydrogens is 285 g/mol. The molecule has 19 heavy (non-hydrogen) atoms. The number of aromatic nitrogens is 1. The van der Waals surface area contributed by atoms with E-state index in [0.717, 1.165) is 5.56 Å². The van der Waals surface area contributed by atoms with Crippen LogP contribution in [0.4, 0.5) is 0 Å². The van der Waals surface area contributed by atoms with Gasteiger partial charge in [-0.25, -0.2) is 0 Å². The summed E-state index contributed by atoms with van der Waals surface area (Å²) < 4.78 is 5.37. The zero-order chi connectivity index (χ0) is 13.7. The number of rotatable bonds is 5. The second-order valence-electron chi connectivity index (χ2n) is 3.94. The monoisotopic (exact) mass is 295 g/mol. The fourth-order valence-electron chi connectivity index (χ4n) is 1.53. The molecule has 0 atom stereocenters. The highest BCUT2D eigenvalue weighted by Gasteiger charge is 2.07. The van der Waals surface area contributed by atoms with Crippen molar-refractivity contribution in [3.05, 3.63) is 58.3 Å². The second-order valence-corrected chi connectivity index (χ2v) is 4.78. The molecule has 1 heterocycles. The van der Waals surface area contributed by atoms with Gasteiger partial charge in [0.15, 0.2) is 5.78 Å². The van der Waals surface area contributed by atoms with Gasteiger partial charge in [0, 0.05) is 23.8 Å². The number of ether oxygens (including phenoxy) is 1. The summed E-state index contributed by atoms with van der Waals surface area (Å²) in [6, 6.07) is 8.51. The molecule has 0 amide bonds. The molecule has 98 valence electrons. The molecule has 3 nitrogen and oxygen atoms in total. The number of hydrogen-bond acceptors (Lipinski definition) is 3. The molecule has 0 aliphatic rings. The second kappa shape index (κ2) is 6.55. The first kappa shape index (κ1) is 13.8. The first-order valence-corrected chi connectivity index (χ1v) is 6.39. The average molecular weight is 296 g/mol. The van der Waals surface area contributed by atoms with Crippen molar-refractivity contribution in [1.82, 2.24) is 4.98 Å². The number of hydrogen-bond donors (Lipinski definition) is 0. The molecule has 2 aromatic rings. The van der Waals surface area contributed by atoms with Crippen LogP contribution < -0.4 is 4.74 Å². The molecule has 2 rings (SSSR count). The highest BCUT2D eigenvalue weighted by Crippen LogP contribution is 2.27. The lowest BCUT2D eigenvalue weighted by Crippen LogP contribution is -2.14. The van der Waals surface area contributed by atoms with Gasteiger partial charge in [-0.1, -0.05) is 29.3 Å². The number of halogens is 2. The van der Waals surface area contributed by atoms with E-state index in [1.54, 1.807) is 36.7 Å². The Morgan fingerprint density at radius 2 is 2.11 bits per heavy atom. The zero-order valence-electron chi connectivity index (χ0n) is 9.98. The molecule has 0 aliphatic heterocycles. The highest BCUT2D eigenvalue weighted by atomic mass is 35.5. The van der Waals surface area contributed by atoms with Crippen molar-refractivity contribution in [1.29, 1.82) is 0 Å². The van der Waals surface area contributed by atoms with Gasteiger partial charge in [-0.05, 0) is 29.8 Å². The van der Waals surface area contributed by atoms with Crippen molar-refractivity contribution in [2.45, 2.75) is 6.42 Å². The number of benzene rings is 1. The van der Waals surface area contributed by atoms with E-state index in [4.69, 9.17) is 27.9 Å². The number of carbonyl (C=O) groups excluding carboxylic acids is 1. The molecule has 1 aromatic carbocycles. The van der Waals surface area contributed by atoms with Gasteiger partial charge < -0.3 is 4.74 Å². The van der Waals surface area contributed by atoms with Gasteiger partial charge in [0.2, 0.25) is 0 Å². The minimum atomic E-state index is -0.0426. The molecule has 0 spiro atoms. The molecule has 0 unspecified atom stereocenters. The van der Waals surface area contributed by atoms with Crippen molar-refractivity contribution in [2.24, 2.45) is 0 Å². The fraction of sp³-hybridized carbons (Fsp3) is 0.143. The topological polar surface area (TPSA) is 39.2 Å². The summed E-state index contributed by atoms with van der Waals surface area (Å²) in [6.07, 6.45) is 3.62. The van der Waals surface area contributed by atoms with E-state index in [2.05, 4.69) is 4.98 Å². The minimum Gasteiger partial charge on any atom is -0.484 e. The van der Waals surface area contributed by atoms with Crippen molar-refractivity contribution in [3.63, 3.8) is 0 Å². The minimum absolute atomic E-state index is 0.0315. The average Bonchev–Trinajstić information content (AvgIpc) is 2.39. The molecule has 0 saturated carbocycles. The molecule has 1 aromatic heterocycles. The van der Waals surface area contributed by atoms with Crippen LogP contribution in [0.1, 0.15) is 5.56 Å². The van der Waals surface area contributed by atoms with Gasteiger partial charge in [0.1, 0.15) is 12.4 Å². The molecule has 0 N–H and O–H groups in total. The van der Waals surface area contributed by atoms with Gasteiger partial charge in [-0.2, -0.15) is 0 Å². The first-order valence-electron chi connectivity index (χ1n) is 5.63. The quantitative estimate of drug-likeness (QED) is 0.846. The molecular formula is C14H11Cl2NO2. The van der Waals surface area contributed by atoms with Gasteiger partial charge >= 0.3 is 0 Å². The molecule has 0 aliphatic carbocycles. The summed E-state index contributed by atoms with van der Waals surface area (Å²) in [5.41, 5.74) is 0.860. The lowest BCUT2D eigenvalue weighted by molar-refractivity contribution is -0.120. The Morgan fingerprint density at radius 3 is 2.79 bits per heavy atom. The Hall–Kier alpha value is -1.58. The van der Waals surface area contributed by atoms with Crippen molar-refractivity contribution >= 4 is 29.0 Å². The zero-order valence-corrected chi connectivity index (χ0v) is 11.5. The maximum atomic E-state index is 11.7. The molecule has 0 bridgehead atoms. The van der Waals surface area contributed by atoms with Crippen molar-refractivity contribution in [3.8, 4) is 5.75 Å². The van der Waals surface area contributed by atoms with Crippen LogP contribution >= 0.6 is 23.2 Å². The summed E-state index contributed by atoms with van der Waals surface area (Å²) in [5, 5.41) is 0.917. The maximum Gasteiger partial charge on any atom is 0.174 e. The van der Waals surface area contributed by atoms with E-state index in [1.165, 1.54) is 0 Å². The van der Waals surface area contributed by atoms with E-state index >= 15 is 0 Å². The Balaban J connectivity index is 1.90. The maximum absolute atomic E-state index is 11.7. The molecule has 0 radical (unpaired) electrons. The molecule has 0 saturated heterocycles. The van der Waals surface area contributed by atoms with Crippen molar-refractivity contribution in [2.75, 3.05) is 6.61 Å². The Kier molecular flexibility index (Phi) is 4.77. The van der Waals surface area contributed by atoms with Gasteiger partial charge in [0.25, 0.3) is 0 Å². The Labute approximate surface area is 121 Å². The Morgan fingerprint density at radius 1 is 1.26 bits per heavy atom. The van der Waals surface area contributed by atoms with Crippen molar-refractivity contribution < 1.29 is 9.53 Å². The lowest BCUT2D eigenvalue weighted by Gasteiger charge is -2.07. The summed E-state index contributed by atoms with van der Waals surface area (Å²) >= 11 is 11.7. The van der Waals surface area contributed by atoms with Gasteiger partial charge in [-0.15, -0.1) is 0 Å². The Bertz CT molecular complexity index is 573. The summed E-state index contributed by atoms with van der Waals surface area (Å²) in [6.45, 7) is -0.0315. The predicted molar refractivity (Wildman–Crippen MR) is 74.9 cm³/mol. The third kappa shape index (κ3) is 4.23. The number of carbonyl (C=O) groups is 1. The van der Waals surface area contributed by atoms with Crippen LogP contribution in [0.5, 0.6) is 5.75 Å². The van der Waals surface area contributed by atoms with E-state index in [9.17, 15) is 4.79 Å². The van der Waals surface area contributed by atoms with Crippen LogP contribution in [-0.4, -0.2) is 17.4 Å². The fourth-order valence-corrected chi connectivity index (χ4v) is 1.99. The summed E-state index contributed by atoms with van der Waals surface area (Å²) in [7, 11) is 0. The largest absolute Gasteiger partial charge is 0.484 e. The van der Waals surface area contributed by atoms with E-state index in [1.807, 2.05) is 6.07 Å². The van der Waals surface area contributed by atoms with E-state index < -0.39 is 0 Å². The van der Waals surface area contributed by atoms with Crippen LogP contribution in [0.3, 0.4) is 0 Å². The highest BCUT2D eigenvalue weighted by molar-refractivity contribution is 6.35. The number of ketones is 1. The normalized spacial score (nSPS) is 10.2. The molecule has 0 fully saturated rings. The third-order valence-electron chi connectivity index (χ3n) is 2.41. The van der Waals surface area contributed by atoms with Crippen LogP contribution in [0.25, 0.3) is 0 Å². The summed E-state index contributed by atoms with van der Waals surface area (Å²) in [5.74, 6) is 0.407. The van der Waals surface area contributed by atoms with Gasteiger partial charge in [0.05, 0.1) is 5.02 Å². The van der Waals surface area contributed by atoms with Gasteiger partial charge in [-0.3, -0.25) is 9.78 Å². The summed E-state index contributed by atoms with van der Waals surface area (Å²) in [4.78, 5) is 15.7. The number of nitrogens with zero attached hydrogens (tertiary/aromatic N) is 1. The van der Waals surface area contributed by atoms with Crippen LogP contribution in [0.2, 0.25) is 10.0 Å². The SMILES string of the molecule is O=C(COc1ccc(Cl)cc1Cl)Cc1cccnc1. The number of pyridine rings is 1. The van der Waals surface area contributed by atoms with E-state index in [-0.39, 0.29) is 12.4 Å². The lowest BCUT2D eigenvalue weighted by atomic mass is 10.1. The number of Topliss-reactive ketones (excluding diaryl/α,β-unsaturated/α-hetero) is 1. The first-order chi connectivity index (χ1) is 9.15. The van der Waals surface area contributed by atoms with Crippen LogP contribution in [0.15, 0.2) is 42.7 Å². The third-order valence-corrected chi connectivity index (χ3v) is 2.94. The molecule has 5 heteroatoms. The van der Waals surface area contributed by atoms with Crippen LogP contribution in [0, 0.1) is 0 Å². The smallest absolute Gasteiger partial charge is 0.174 e. The predicted octanol–water partition coefficient (Wildman–Crippen LogP) is 3.58. The standard InChI is InChI=1S/C14H11Cl2NO2/c15-11-3-4-14(13(16)7-11)19-9-12(18)6-10-2-1-5-17-8-10/h1-5,7-8H,6,9H2.